The third-order valence-electron chi connectivity index (χ3n) is 1.92. The summed E-state index contributed by atoms with van der Waals surface area (Å²) in [5, 5.41) is 0. The molecule has 0 spiro atoms. The molecule has 0 aromatic carbocycles. The van der Waals surface area contributed by atoms with Gasteiger partial charge in [-0.1, -0.05) is 13.8 Å². The Morgan fingerprint density at radius 1 is 1.14 bits per heavy atom. The second-order valence-electron chi connectivity index (χ2n) is 3.62. The molecule has 0 aliphatic rings. The van der Waals surface area contributed by atoms with Crippen LogP contribution in [0.1, 0.15) is 26.7 Å². The van der Waals surface area contributed by atoms with E-state index in [4.69, 9.17) is 0 Å². The van der Waals surface area contributed by atoms with Gasteiger partial charge in [0.25, 0.3) is 0 Å². The average Bonchev–Trinajstić information content (AvgIpc) is 2.14. The molecule has 0 radical (unpaired) electrons. The lowest BCUT2D eigenvalue weighted by molar-refractivity contribution is -0.108. The highest BCUT2D eigenvalue weighted by Gasteiger charge is 2.11. The predicted molar refractivity (Wildman–Crippen MR) is 62.7 cm³/mol. The molecule has 86 valence electrons. The third kappa shape index (κ3) is 9.68. The minimum absolute atomic E-state index is 0.491. The predicted octanol–water partition coefficient (Wildman–Crippen LogP) is 1.48. The van der Waals surface area contributed by atoms with Gasteiger partial charge in [-0.25, -0.2) is 0 Å². The van der Waals surface area contributed by atoms with E-state index in [0.717, 1.165) is 19.3 Å². The van der Waals surface area contributed by atoms with E-state index in [1.807, 2.05) is 13.8 Å². The number of hydrogen-bond acceptors (Lipinski definition) is 3. The summed E-state index contributed by atoms with van der Waals surface area (Å²) in [7, 11) is 8.22. The van der Waals surface area contributed by atoms with Crippen LogP contribution in [0.25, 0.3) is 0 Å². The van der Waals surface area contributed by atoms with Crippen LogP contribution in [0, 0.1) is 0 Å². The van der Waals surface area contributed by atoms with E-state index in [9.17, 15) is 4.79 Å². The van der Waals surface area contributed by atoms with E-state index in [-0.39, 0.29) is 0 Å². The monoisotopic (exact) mass is 202 g/mol. The molecule has 1 unspecified atom stereocenters. The molecule has 0 aromatic heterocycles. The molecule has 0 heterocycles. The zero-order chi connectivity index (χ0) is 11.6. The Bertz CT molecular complexity index is 124. The Hall–Kier alpha value is -0.410. The van der Waals surface area contributed by atoms with Crippen molar-refractivity contribution < 1.29 is 4.79 Å². The van der Waals surface area contributed by atoms with Crippen molar-refractivity contribution in [2.24, 2.45) is 0 Å². The fraction of sp³-hybridized carbons (Fsp3) is 0.909. The first kappa shape index (κ1) is 16.0. The number of aldehydes is 1. The van der Waals surface area contributed by atoms with Crippen molar-refractivity contribution in [3.05, 3.63) is 0 Å². The van der Waals surface area contributed by atoms with Gasteiger partial charge in [-0.3, -0.25) is 0 Å². The maximum atomic E-state index is 10.2. The molecule has 14 heavy (non-hydrogen) atoms. The fourth-order valence-corrected chi connectivity index (χ4v) is 1.19. The lowest BCUT2D eigenvalue weighted by Gasteiger charge is -2.26. The smallest absolute Gasteiger partial charge is 0.120 e. The summed E-state index contributed by atoms with van der Waals surface area (Å²) in [6, 6.07) is 0.491. The molecule has 0 aromatic rings. The molecule has 0 rings (SSSR count). The molecular weight excluding hydrogens is 176 g/mol. The fourth-order valence-electron chi connectivity index (χ4n) is 1.19. The summed E-state index contributed by atoms with van der Waals surface area (Å²) in [6.07, 6.45) is 2.61. The van der Waals surface area contributed by atoms with Crippen LogP contribution in [0.3, 0.4) is 0 Å². The molecule has 0 saturated heterocycles. The van der Waals surface area contributed by atoms with Gasteiger partial charge in [0.1, 0.15) is 6.29 Å². The Labute approximate surface area is 89.1 Å². The van der Waals surface area contributed by atoms with Crippen molar-refractivity contribution in [2.75, 3.05) is 34.7 Å². The maximum Gasteiger partial charge on any atom is 0.120 e. The van der Waals surface area contributed by atoms with Crippen molar-refractivity contribution in [1.29, 1.82) is 0 Å². The van der Waals surface area contributed by atoms with Crippen LogP contribution in [-0.4, -0.2) is 56.9 Å². The van der Waals surface area contributed by atoms with Crippen LogP contribution in [0.15, 0.2) is 0 Å². The molecule has 0 bridgehead atoms. The average molecular weight is 202 g/mol. The molecular formula is C11H26N2O. The standard InChI is InChI=1S/C9H20N2O.C2H6/c1-10(2)8-9(11(3)4)6-5-7-12;1-2/h7,9H,5-6,8H2,1-4H3;1-2H3. The van der Waals surface area contributed by atoms with Crippen molar-refractivity contribution >= 4 is 6.29 Å². The van der Waals surface area contributed by atoms with Gasteiger partial charge in [0.05, 0.1) is 0 Å². The van der Waals surface area contributed by atoms with Crippen molar-refractivity contribution in [3.8, 4) is 0 Å². The topological polar surface area (TPSA) is 23.6 Å². The molecule has 0 aliphatic carbocycles. The van der Waals surface area contributed by atoms with Crippen LogP contribution < -0.4 is 0 Å². The highest BCUT2D eigenvalue weighted by molar-refractivity contribution is 5.49. The second kappa shape index (κ2) is 10.7. The highest BCUT2D eigenvalue weighted by atomic mass is 16.1. The van der Waals surface area contributed by atoms with E-state index in [0.29, 0.717) is 12.5 Å². The first-order valence-corrected chi connectivity index (χ1v) is 5.32. The SMILES string of the molecule is CC.CN(C)CC(CCC=O)N(C)C. The van der Waals surface area contributed by atoms with Gasteiger partial charge in [0.15, 0.2) is 0 Å². The number of rotatable bonds is 6. The van der Waals surface area contributed by atoms with Crippen LogP contribution >= 0.6 is 0 Å². The van der Waals surface area contributed by atoms with Gasteiger partial charge in [0, 0.05) is 19.0 Å². The van der Waals surface area contributed by atoms with E-state index in [1.54, 1.807) is 0 Å². The summed E-state index contributed by atoms with van der Waals surface area (Å²) >= 11 is 0. The van der Waals surface area contributed by atoms with E-state index in [2.05, 4.69) is 38.0 Å². The molecule has 1 atom stereocenters. The van der Waals surface area contributed by atoms with Gasteiger partial charge in [-0.2, -0.15) is 0 Å². The van der Waals surface area contributed by atoms with E-state index < -0.39 is 0 Å². The van der Waals surface area contributed by atoms with Crippen LogP contribution in [0.5, 0.6) is 0 Å². The molecule has 0 fully saturated rings. The Balaban J connectivity index is 0. The maximum absolute atomic E-state index is 10.2. The third-order valence-corrected chi connectivity index (χ3v) is 1.92. The van der Waals surface area contributed by atoms with Crippen molar-refractivity contribution in [2.45, 2.75) is 32.7 Å². The number of carbonyl (C=O) groups excluding carboxylic acids is 1. The van der Waals surface area contributed by atoms with E-state index in [1.165, 1.54) is 0 Å². The quantitative estimate of drug-likeness (QED) is 0.610. The molecule has 0 amide bonds. The lowest BCUT2D eigenvalue weighted by atomic mass is 10.1. The van der Waals surface area contributed by atoms with Gasteiger partial charge in [-0.05, 0) is 34.6 Å². The minimum Gasteiger partial charge on any atom is -0.308 e. The van der Waals surface area contributed by atoms with Crippen molar-refractivity contribution in [3.63, 3.8) is 0 Å². The lowest BCUT2D eigenvalue weighted by Crippen LogP contribution is -2.37. The molecule has 0 N–H and O–H groups in total. The largest absolute Gasteiger partial charge is 0.308 e. The van der Waals surface area contributed by atoms with Gasteiger partial charge in [0.2, 0.25) is 0 Å². The number of carbonyl (C=O) groups is 1. The first-order valence-electron chi connectivity index (χ1n) is 5.32. The second-order valence-corrected chi connectivity index (χ2v) is 3.62. The zero-order valence-electron chi connectivity index (χ0n) is 10.6. The Morgan fingerprint density at radius 2 is 1.64 bits per heavy atom. The van der Waals surface area contributed by atoms with Gasteiger partial charge < -0.3 is 14.6 Å². The molecule has 0 aliphatic heterocycles. The number of nitrogens with zero attached hydrogens (tertiary/aromatic N) is 2. The Kier molecular flexibility index (Phi) is 12.2. The summed E-state index contributed by atoms with van der Waals surface area (Å²) in [4.78, 5) is 14.5. The normalized spacial score (nSPS) is 12.3. The van der Waals surface area contributed by atoms with Crippen molar-refractivity contribution in [1.82, 2.24) is 9.80 Å². The summed E-state index contributed by atoms with van der Waals surface area (Å²) in [5.41, 5.74) is 0. The number of hydrogen-bond donors (Lipinski definition) is 0. The van der Waals surface area contributed by atoms with Crippen LogP contribution in [-0.2, 0) is 4.79 Å². The summed E-state index contributed by atoms with van der Waals surface area (Å²) < 4.78 is 0. The van der Waals surface area contributed by atoms with Crippen LogP contribution in [0.2, 0.25) is 0 Å². The Morgan fingerprint density at radius 3 is 1.93 bits per heavy atom. The molecule has 3 nitrogen and oxygen atoms in total. The van der Waals surface area contributed by atoms with E-state index >= 15 is 0 Å². The molecule has 3 heteroatoms. The number of likely N-dealkylation sites (N-methyl/N-ethyl adjacent to an activating group) is 2. The summed E-state index contributed by atoms with van der Waals surface area (Å²) in [6.45, 7) is 5.01. The van der Waals surface area contributed by atoms with Gasteiger partial charge in [-0.15, -0.1) is 0 Å². The van der Waals surface area contributed by atoms with Gasteiger partial charge >= 0.3 is 0 Å². The summed E-state index contributed by atoms with van der Waals surface area (Å²) in [5.74, 6) is 0. The zero-order valence-corrected chi connectivity index (χ0v) is 10.6. The minimum atomic E-state index is 0.491. The molecule has 0 saturated carbocycles. The first-order chi connectivity index (χ1) is 6.57. The van der Waals surface area contributed by atoms with Crippen LogP contribution in [0.4, 0.5) is 0 Å². The highest BCUT2D eigenvalue weighted by Crippen LogP contribution is 2.02.